The molecule has 1 unspecified atom stereocenters. The van der Waals surface area contributed by atoms with Crippen LogP contribution < -0.4 is 24.7 Å². The van der Waals surface area contributed by atoms with Gasteiger partial charge in [-0.15, -0.1) is 0 Å². The minimum absolute atomic E-state index is 0.225. The van der Waals surface area contributed by atoms with Gasteiger partial charge in [-0.1, -0.05) is 11.6 Å². The molecule has 0 radical (unpaired) electrons. The highest BCUT2D eigenvalue weighted by Crippen LogP contribution is 2.39. The number of ether oxygens (including phenoxy) is 3. The predicted octanol–water partition coefficient (Wildman–Crippen LogP) is 2.60. The lowest BCUT2D eigenvalue weighted by molar-refractivity contribution is -0.945. The number of fused-ring (bicyclic) bond motifs is 6. The second-order valence-corrected chi connectivity index (χ2v) is 8.23. The lowest BCUT2D eigenvalue weighted by Gasteiger charge is -2.27. The van der Waals surface area contributed by atoms with E-state index in [9.17, 15) is 4.79 Å². The zero-order valence-corrected chi connectivity index (χ0v) is 16.4. The van der Waals surface area contributed by atoms with Crippen molar-refractivity contribution in [1.29, 1.82) is 0 Å². The first kappa shape index (κ1) is 17.2. The van der Waals surface area contributed by atoms with Crippen molar-refractivity contribution >= 4 is 22.6 Å². The highest BCUT2D eigenvalue weighted by atomic mass is 35.5. The maximum Gasteiger partial charge on any atom is 0.339 e. The van der Waals surface area contributed by atoms with E-state index in [2.05, 4.69) is 0 Å². The minimum atomic E-state index is -0.225. The lowest BCUT2D eigenvalue weighted by Crippen LogP contribution is -3.10. The Morgan fingerprint density at radius 2 is 1.86 bits per heavy atom. The number of hydrogen-bond acceptors (Lipinski definition) is 5. The van der Waals surface area contributed by atoms with Crippen LogP contribution in [0.3, 0.4) is 0 Å². The van der Waals surface area contributed by atoms with Gasteiger partial charge < -0.3 is 18.6 Å². The van der Waals surface area contributed by atoms with Crippen LogP contribution in [0.1, 0.15) is 28.7 Å². The van der Waals surface area contributed by atoms with E-state index in [4.69, 9.17) is 30.2 Å². The van der Waals surface area contributed by atoms with Gasteiger partial charge in [0.25, 0.3) is 0 Å². The van der Waals surface area contributed by atoms with Gasteiger partial charge in [0, 0.05) is 16.5 Å². The van der Waals surface area contributed by atoms with Crippen molar-refractivity contribution in [1.82, 2.24) is 0 Å². The molecule has 0 bridgehead atoms. The zero-order valence-electron chi connectivity index (χ0n) is 15.7. The van der Waals surface area contributed by atoms with Gasteiger partial charge in [-0.3, -0.25) is 4.90 Å². The van der Waals surface area contributed by atoms with Gasteiger partial charge >= 0.3 is 5.63 Å². The summed E-state index contributed by atoms with van der Waals surface area (Å²) in [6.45, 7) is 2.17. The standard InChI is InChI=1S/C22H18ClNO5/c23-17-7-15-13-2-1-3-14(13)22(25)29-20(15)16-9-24(10-26-21(16)17)8-12-4-5-18-19(6-12)28-11-27-18/h4-7H,1-3,8-11H2/p+1. The molecule has 1 N–H and O–H groups in total. The minimum Gasteiger partial charge on any atom is -0.454 e. The summed E-state index contributed by atoms with van der Waals surface area (Å²) in [5, 5.41) is 1.53. The zero-order chi connectivity index (χ0) is 19.5. The van der Waals surface area contributed by atoms with Crippen LogP contribution in [0.25, 0.3) is 11.0 Å². The van der Waals surface area contributed by atoms with E-state index in [1.165, 1.54) is 4.90 Å². The maximum atomic E-state index is 12.5. The quantitative estimate of drug-likeness (QED) is 0.655. The first-order valence-corrected chi connectivity index (χ1v) is 10.2. The first-order chi connectivity index (χ1) is 14.2. The Bertz CT molecular complexity index is 1220. The summed E-state index contributed by atoms with van der Waals surface area (Å²) >= 11 is 6.55. The molecule has 6 rings (SSSR count). The Hall–Kier alpha value is -2.70. The highest BCUT2D eigenvalue weighted by Gasteiger charge is 2.30. The SMILES string of the molecule is O=c1oc2c3c(c(Cl)cc2c2c1CCC2)OC[NH+](Cc1ccc2c(c1)OCO2)C3. The molecule has 2 aromatic carbocycles. The van der Waals surface area contributed by atoms with Crippen molar-refractivity contribution in [2.24, 2.45) is 0 Å². The van der Waals surface area contributed by atoms with Crippen LogP contribution in [0.5, 0.6) is 17.2 Å². The Morgan fingerprint density at radius 3 is 2.79 bits per heavy atom. The molecule has 3 aliphatic rings. The van der Waals surface area contributed by atoms with E-state index in [1.54, 1.807) is 0 Å². The number of nitrogens with one attached hydrogen (secondary N) is 1. The van der Waals surface area contributed by atoms with E-state index in [0.29, 0.717) is 29.6 Å². The molecule has 6 nitrogen and oxygen atoms in total. The van der Waals surface area contributed by atoms with Crippen molar-refractivity contribution in [2.75, 3.05) is 13.5 Å². The van der Waals surface area contributed by atoms with E-state index in [1.807, 2.05) is 24.3 Å². The van der Waals surface area contributed by atoms with Gasteiger partial charge in [-0.25, -0.2) is 4.79 Å². The fourth-order valence-corrected chi connectivity index (χ4v) is 4.95. The Kier molecular flexibility index (Phi) is 3.79. The van der Waals surface area contributed by atoms with Crippen LogP contribution in [-0.2, 0) is 25.9 Å². The molecule has 1 atom stereocenters. The van der Waals surface area contributed by atoms with Crippen LogP contribution in [0.4, 0.5) is 0 Å². The van der Waals surface area contributed by atoms with Crippen molar-refractivity contribution < 1.29 is 23.5 Å². The summed E-state index contributed by atoms with van der Waals surface area (Å²) in [6, 6.07) is 7.88. The van der Waals surface area contributed by atoms with Crippen LogP contribution in [-0.4, -0.2) is 13.5 Å². The Balaban J connectivity index is 1.39. The molecular weight excluding hydrogens is 394 g/mol. The number of rotatable bonds is 2. The summed E-state index contributed by atoms with van der Waals surface area (Å²) in [5.74, 6) is 2.18. The molecule has 7 heteroatoms. The number of halogens is 1. The second kappa shape index (κ2) is 6.40. The molecule has 1 aromatic heterocycles. The van der Waals surface area contributed by atoms with Crippen molar-refractivity contribution in [3.63, 3.8) is 0 Å². The molecule has 148 valence electrons. The third-order valence-corrected chi connectivity index (χ3v) is 6.28. The Labute approximate surface area is 171 Å². The van der Waals surface area contributed by atoms with Gasteiger partial charge in [-0.05, 0) is 49.1 Å². The highest BCUT2D eigenvalue weighted by molar-refractivity contribution is 6.33. The van der Waals surface area contributed by atoms with Crippen LogP contribution in [0.15, 0.2) is 33.5 Å². The molecule has 0 spiro atoms. The second-order valence-electron chi connectivity index (χ2n) is 7.82. The molecule has 29 heavy (non-hydrogen) atoms. The molecule has 0 fully saturated rings. The van der Waals surface area contributed by atoms with Gasteiger partial charge in [0.15, 0.2) is 22.8 Å². The van der Waals surface area contributed by atoms with Gasteiger partial charge in [0.05, 0.1) is 10.6 Å². The smallest absolute Gasteiger partial charge is 0.339 e. The van der Waals surface area contributed by atoms with Crippen molar-refractivity contribution in [3.8, 4) is 17.2 Å². The summed E-state index contributed by atoms with van der Waals surface area (Å²) in [4.78, 5) is 13.7. The topological polar surface area (TPSA) is 62.3 Å². The van der Waals surface area contributed by atoms with Crippen LogP contribution in [0.2, 0.25) is 5.02 Å². The molecule has 2 aliphatic heterocycles. The van der Waals surface area contributed by atoms with Crippen molar-refractivity contribution in [2.45, 2.75) is 32.4 Å². The van der Waals surface area contributed by atoms with E-state index in [0.717, 1.165) is 64.9 Å². The van der Waals surface area contributed by atoms with E-state index in [-0.39, 0.29) is 12.4 Å². The Morgan fingerprint density at radius 1 is 1.00 bits per heavy atom. The molecule has 3 heterocycles. The average molecular weight is 413 g/mol. The third kappa shape index (κ3) is 2.70. The summed E-state index contributed by atoms with van der Waals surface area (Å²) in [7, 11) is 0. The molecular formula is C22H19ClNO5+. The molecule has 1 aliphatic carbocycles. The van der Waals surface area contributed by atoms with Crippen LogP contribution in [0, 0.1) is 0 Å². The monoisotopic (exact) mass is 412 g/mol. The van der Waals surface area contributed by atoms with Crippen molar-refractivity contribution in [3.05, 3.63) is 62.0 Å². The lowest BCUT2D eigenvalue weighted by atomic mass is 10.0. The summed E-state index contributed by atoms with van der Waals surface area (Å²) in [6.07, 6.45) is 2.65. The molecule has 0 saturated heterocycles. The maximum absolute atomic E-state index is 12.5. The molecule has 0 amide bonds. The molecule has 3 aromatic rings. The van der Waals surface area contributed by atoms with Gasteiger partial charge in [-0.2, -0.15) is 0 Å². The first-order valence-electron chi connectivity index (χ1n) is 9.82. The molecule has 0 saturated carbocycles. The van der Waals surface area contributed by atoms with Crippen LogP contribution >= 0.6 is 11.6 Å². The summed E-state index contributed by atoms with van der Waals surface area (Å²) in [5.41, 5.74) is 4.29. The number of benzene rings is 2. The van der Waals surface area contributed by atoms with E-state index >= 15 is 0 Å². The number of quaternary nitrogens is 1. The van der Waals surface area contributed by atoms with E-state index < -0.39 is 0 Å². The predicted molar refractivity (Wildman–Crippen MR) is 106 cm³/mol. The number of hydrogen-bond donors (Lipinski definition) is 1. The third-order valence-electron chi connectivity index (χ3n) is 6.00. The average Bonchev–Trinajstić information content (AvgIpc) is 3.38. The summed E-state index contributed by atoms with van der Waals surface area (Å²) < 4.78 is 22.7. The fourth-order valence-electron chi connectivity index (χ4n) is 4.67. The normalized spacial score (nSPS) is 19.1. The fraction of sp³-hybridized carbons (Fsp3) is 0.318. The van der Waals surface area contributed by atoms with Gasteiger partial charge in [0.1, 0.15) is 13.1 Å². The van der Waals surface area contributed by atoms with Gasteiger partial charge in [0.2, 0.25) is 13.5 Å². The number of aryl methyl sites for hydroxylation is 1. The largest absolute Gasteiger partial charge is 0.454 e.